The fraction of sp³-hybridized carbons (Fsp3) is 0.474. The van der Waals surface area contributed by atoms with Crippen molar-refractivity contribution in [3.63, 3.8) is 0 Å². The molecule has 8 atom stereocenters. The van der Waals surface area contributed by atoms with E-state index in [2.05, 4.69) is 34.4 Å². The number of amides is 3. The van der Waals surface area contributed by atoms with Gasteiger partial charge in [-0.2, -0.15) is 0 Å². The van der Waals surface area contributed by atoms with Gasteiger partial charge in [-0.05, 0) is 48.6 Å². The van der Waals surface area contributed by atoms with E-state index in [1.54, 1.807) is 48.4 Å². The number of alkyl halides is 1. The summed E-state index contributed by atoms with van der Waals surface area (Å²) in [6.45, 7) is 10.9. The summed E-state index contributed by atoms with van der Waals surface area (Å²) in [5.74, 6) is -3.27. The zero-order chi connectivity index (χ0) is 36.2. The largest absolute Gasteiger partial charge is 0.497 e. The van der Waals surface area contributed by atoms with E-state index in [9.17, 15) is 24.3 Å². The average Bonchev–Trinajstić information content (AvgIpc) is 3.71. The number of aliphatic hydroxyl groups is 1. The lowest BCUT2D eigenvalue weighted by Gasteiger charge is -2.40. The van der Waals surface area contributed by atoms with Crippen LogP contribution in [-0.2, 0) is 28.7 Å². The molecule has 3 saturated heterocycles. The second-order valence-electron chi connectivity index (χ2n) is 13.3. The number of hydrogen-bond donors (Lipinski definition) is 2. The number of hydrogen-bond acceptors (Lipinski definition) is 8. The second kappa shape index (κ2) is 15.9. The van der Waals surface area contributed by atoms with Crippen LogP contribution in [-0.4, -0.2) is 89.2 Å². The van der Waals surface area contributed by atoms with E-state index >= 15 is 0 Å². The number of carbonyl (C=O) groups is 4. The Morgan fingerprint density at radius 3 is 2.44 bits per heavy atom. The maximum absolute atomic E-state index is 14.9. The molecule has 3 amide bonds. The van der Waals surface area contributed by atoms with Gasteiger partial charge in [0.25, 0.3) is 5.91 Å². The third-order valence-corrected chi connectivity index (χ3v) is 10.9. The number of fused-ring (bicyclic) bond motifs is 1. The zero-order valence-corrected chi connectivity index (χ0v) is 30.3. The van der Waals surface area contributed by atoms with Crippen molar-refractivity contribution < 1.29 is 38.5 Å². The maximum Gasteiger partial charge on any atom is 0.306 e. The van der Waals surface area contributed by atoms with E-state index in [0.29, 0.717) is 24.3 Å². The third-order valence-electron chi connectivity index (χ3n) is 10.0. The minimum absolute atomic E-state index is 0.114. The van der Waals surface area contributed by atoms with Crippen LogP contribution in [0.1, 0.15) is 44.7 Å². The Bertz CT molecular complexity index is 1570. The van der Waals surface area contributed by atoms with Crippen LogP contribution in [0.25, 0.3) is 0 Å². The maximum atomic E-state index is 14.9. The minimum atomic E-state index is -1.36. The predicted octanol–water partition coefficient (Wildman–Crippen LogP) is 4.35. The van der Waals surface area contributed by atoms with Gasteiger partial charge in [-0.25, -0.2) is 0 Å². The van der Waals surface area contributed by atoms with Crippen LogP contribution in [0.4, 0.5) is 5.69 Å². The molecule has 0 aliphatic carbocycles. The van der Waals surface area contributed by atoms with Crippen molar-refractivity contribution in [1.82, 2.24) is 10.2 Å². The second-order valence-corrected chi connectivity index (χ2v) is 14.5. The monoisotopic (exact) mass is 751 g/mol. The number of esters is 1. The first kappa shape index (κ1) is 37.3. The van der Waals surface area contributed by atoms with Crippen LogP contribution >= 0.6 is 15.9 Å². The summed E-state index contributed by atoms with van der Waals surface area (Å²) in [6.07, 6.45) is 3.45. The summed E-state index contributed by atoms with van der Waals surface area (Å²) in [5, 5.41) is 13.7. The number of aliphatic hydroxyl groups excluding tert-OH is 1. The van der Waals surface area contributed by atoms with Crippen LogP contribution in [0.2, 0.25) is 0 Å². The summed E-state index contributed by atoms with van der Waals surface area (Å²) in [5.41, 5.74) is -0.0694. The van der Waals surface area contributed by atoms with Gasteiger partial charge in [0.15, 0.2) is 0 Å². The summed E-state index contributed by atoms with van der Waals surface area (Å²) in [7, 11) is 1.56. The topological polar surface area (TPSA) is 135 Å². The van der Waals surface area contributed by atoms with Crippen LogP contribution in [0.5, 0.6) is 5.75 Å². The predicted molar refractivity (Wildman–Crippen MR) is 192 cm³/mol. The molecule has 2 N–H and O–H groups in total. The fourth-order valence-electron chi connectivity index (χ4n) is 7.63. The number of nitrogens with zero attached hydrogens (tertiary/aromatic N) is 2. The van der Waals surface area contributed by atoms with E-state index in [1.807, 2.05) is 44.2 Å². The number of ether oxygens (including phenoxy) is 3. The molecule has 11 nitrogen and oxygen atoms in total. The number of halogens is 1. The van der Waals surface area contributed by atoms with Gasteiger partial charge < -0.3 is 34.4 Å². The lowest BCUT2D eigenvalue weighted by atomic mass is 9.70. The molecular formula is C38H46BrN3O8. The van der Waals surface area contributed by atoms with Crippen molar-refractivity contribution in [2.24, 2.45) is 17.8 Å². The van der Waals surface area contributed by atoms with Gasteiger partial charge in [-0.15, -0.1) is 13.2 Å². The lowest BCUT2D eigenvalue weighted by molar-refractivity contribution is -0.147. The smallest absolute Gasteiger partial charge is 0.306 e. The molecule has 0 radical (unpaired) electrons. The SMILES string of the molecule is C=CCCC(=O)OC[C@@H](NC(=O)[C@H]1[C@@H]2O[C@@]3(CC2Br)[C@@H]1C(=O)N([C@@H](CO)C(C)C)[C@@H]3C(=O)N(CC=C)c1ccc(OC)cc1)c1ccccc1. The summed E-state index contributed by atoms with van der Waals surface area (Å²) in [4.78, 5) is 59.2. The summed E-state index contributed by atoms with van der Waals surface area (Å²) < 4.78 is 17.6. The van der Waals surface area contributed by atoms with Crippen molar-refractivity contribution in [3.05, 3.63) is 85.5 Å². The molecular weight excluding hydrogens is 706 g/mol. The quantitative estimate of drug-likeness (QED) is 0.147. The van der Waals surface area contributed by atoms with Gasteiger partial charge in [0.05, 0.1) is 43.7 Å². The van der Waals surface area contributed by atoms with Crippen molar-refractivity contribution in [2.75, 3.05) is 31.8 Å². The van der Waals surface area contributed by atoms with Gasteiger partial charge in [0.1, 0.15) is 24.0 Å². The van der Waals surface area contributed by atoms with Crippen LogP contribution < -0.4 is 15.0 Å². The molecule has 0 saturated carbocycles. The van der Waals surface area contributed by atoms with E-state index in [0.717, 1.165) is 5.56 Å². The van der Waals surface area contributed by atoms with E-state index in [1.165, 1.54) is 4.90 Å². The Morgan fingerprint density at radius 2 is 1.84 bits per heavy atom. The first-order chi connectivity index (χ1) is 24.0. The number of nitrogens with one attached hydrogen (secondary N) is 1. The van der Waals surface area contributed by atoms with Gasteiger partial charge in [-0.1, -0.05) is 72.3 Å². The Hall–Kier alpha value is -4.00. The Labute approximate surface area is 301 Å². The summed E-state index contributed by atoms with van der Waals surface area (Å²) >= 11 is 3.73. The highest BCUT2D eigenvalue weighted by Gasteiger charge is 2.77. The average molecular weight is 753 g/mol. The van der Waals surface area contributed by atoms with Crippen LogP contribution in [0.15, 0.2) is 79.9 Å². The molecule has 1 spiro atoms. The fourth-order valence-corrected chi connectivity index (χ4v) is 8.57. The Kier molecular flexibility index (Phi) is 11.9. The molecule has 1 unspecified atom stereocenters. The lowest BCUT2D eigenvalue weighted by Crippen LogP contribution is -2.60. The van der Waals surface area contributed by atoms with Crippen LogP contribution in [0.3, 0.4) is 0 Å². The molecule has 2 aromatic rings. The first-order valence-electron chi connectivity index (χ1n) is 17.0. The van der Waals surface area contributed by atoms with Crippen molar-refractivity contribution in [3.8, 4) is 5.75 Å². The van der Waals surface area contributed by atoms with E-state index in [-0.39, 0.29) is 36.9 Å². The molecule has 3 aliphatic heterocycles. The Morgan fingerprint density at radius 1 is 1.14 bits per heavy atom. The minimum Gasteiger partial charge on any atom is -0.497 e. The number of allylic oxidation sites excluding steroid dienone is 1. The molecule has 2 bridgehead atoms. The molecule has 2 aromatic carbocycles. The zero-order valence-electron chi connectivity index (χ0n) is 28.7. The van der Waals surface area contributed by atoms with Gasteiger partial charge >= 0.3 is 5.97 Å². The van der Waals surface area contributed by atoms with E-state index < -0.39 is 65.4 Å². The number of benzene rings is 2. The molecule has 3 fully saturated rings. The number of carbonyl (C=O) groups excluding carboxylic acids is 4. The molecule has 0 aromatic heterocycles. The standard InChI is InChI=1S/C38H46BrN3O8/c1-6-8-14-30(44)49-22-28(24-12-10-9-11-13-24)40-35(45)31-32-36(46)42(29(21-43)23(3)4)34(38(32)20-27(39)33(31)50-38)37(47)41(19-7-2)25-15-17-26(48-5)18-16-25/h6-7,9-13,15-18,23,27-29,31-34,43H,1-2,8,14,19-22H2,3-5H3,(H,40,45)/t27?,28-,29+,31-,32+,33-,34-,38+/m1/s1. The van der Waals surface area contributed by atoms with Gasteiger partial charge in [0, 0.05) is 23.5 Å². The molecule has 3 heterocycles. The first-order valence-corrected chi connectivity index (χ1v) is 17.9. The van der Waals surface area contributed by atoms with Gasteiger partial charge in [-0.3, -0.25) is 19.2 Å². The van der Waals surface area contributed by atoms with Crippen molar-refractivity contribution in [2.45, 2.75) is 67.8 Å². The number of anilines is 1. The highest BCUT2D eigenvalue weighted by Crippen LogP contribution is 2.61. The molecule has 12 heteroatoms. The number of methoxy groups -OCH3 is 1. The molecule has 5 rings (SSSR count). The highest BCUT2D eigenvalue weighted by atomic mass is 79.9. The number of likely N-dealkylation sites (tertiary alicyclic amines) is 1. The van der Waals surface area contributed by atoms with Gasteiger partial charge in [0.2, 0.25) is 11.8 Å². The third kappa shape index (κ3) is 6.97. The molecule has 3 aliphatic rings. The number of rotatable bonds is 16. The molecule has 50 heavy (non-hydrogen) atoms. The van der Waals surface area contributed by atoms with Crippen molar-refractivity contribution >= 4 is 45.3 Å². The highest BCUT2D eigenvalue weighted by molar-refractivity contribution is 9.09. The van der Waals surface area contributed by atoms with Crippen molar-refractivity contribution in [1.29, 1.82) is 0 Å². The Balaban J connectivity index is 1.52. The normalized spacial score (nSPS) is 26.2. The molecule has 268 valence electrons. The summed E-state index contributed by atoms with van der Waals surface area (Å²) in [6, 6.07) is 13.6. The van der Waals surface area contributed by atoms with E-state index in [4.69, 9.17) is 14.2 Å². The van der Waals surface area contributed by atoms with Crippen LogP contribution in [0, 0.1) is 17.8 Å².